The Hall–Kier alpha value is -2.36. The van der Waals surface area contributed by atoms with Crippen molar-refractivity contribution < 1.29 is 9.53 Å². The number of methoxy groups -OCH3 is 1. The van der Waals surface area contributed by atoms with Gasteiger partial charge in [-0.05, 0) is 25.1 Å². The number of hydrogen-bond acceptors (Lipinski definition) is 3. The minimum Gasteiger partial charge on any atom is -0.496 e. The van der Waals surface area contributed by atoms with Gasteiger partial charge in [-0.3, -0.25) is 9.78 Å². The Balaban J connectivity index is 2.07. The smallest absolute Gasteiger partial charge is 0.253 e. The van der Waals surface area contributed by atoms with Gasteiger partial charge in [0.1, 0.15) is 5.75 Å². The molecule has 0 bridgehead atoms. The zero-order valence-corrected chi connectivity index (χ0v) is 11.0. The van der Waals surface area contributed by atoms with Crippen molar-refractivity contribution in [3.63, 3.8) is 0 Å². The lowest BCUT2D eigenvalue weighted by atomic mass is 10.1. The van der Waals surface area contributed by atoms with Gasteiger partial charge in [-0.15, -0.1) is 0 Å². The van der Waals surface area contributed by atoms with Crippen LogP contribution in [0.15, 0.2) is 42.7 Å². The number of carbonyl (C=O) groups is 1. The lowest BCUT2D eigenvalue weighted by molar-refractivity contribution is 0.0950. The van der Waals surface area contributed by atoms with Crippen LogP contribution in [-0.4, -0.2) is 18.0 Å². The van der Waals surface area contributed by atoms with Gasteiger partial charge < -0.3 is 10.1 Å². The van der Waals surface area contributed by atoms with Gasteiger partial charge in [-0.25, -0.2) is 0 Å². The molecule has 2 aromatic rings. The molecule has 0 aliphatic heterocycles. The largest absolute Gasteiger partial charge is 0.496 e. The quantitative estimate of drug-likeness (QED) is 0.913. The topological polar surface area (TPSA) is 51.2 Å². The number of nitrogens with zero attached hydrogens (tertiary/aromatic N) is 1. The summed E-state index contributed by atoms with van der Waals surface area (Å²) < 4.78 is 5.27. The Bertz CT molecular complexity index is 568. The fourth-order valence-corrected chi connectivity index (χ4v) is 1.82. The summed E-state index contributed by atoms with van der Waals surface area (Å²) in [5.41, 5.74) is 2.64. The Kier molecular flexibility index (Phi) is 4.13. The second-order valence-electron chi connectivity index (χ2n) is 4.24. The predicted molar refractivity (Wildman–Crippen MR) is 73.1 cm³/mol. The van der Waals surface area contributed by atoms with Crippen LogP contribution in [0.1, 0.15) is 21.5 Å². The number of nitrogens with one attached hydrogen (secondary N) is 1. The molecule has 0 fully saturated rings. The van der Waals surface area contributed by atoms with E-state index in [1.54, 1.807) is 31.6 Å². The van der Waals surface area contributed by atoms with Crippen LogP contribution in [0.2, 0.25) is 0 Å². The molecule has 1 aromatic carbocycles. The molecule has 0 aliphatic carbocycles. The van der Waals surface area contributed by atoms with Crippen molar-refractivity contribution >= 4 is 5.91 Å². The lowest BCUT2D eigenvalue weighted by Gasteiger charge is -2.10. The molecule has 1 amide bonds. The average Bonchev–Trinajstić information content (AvgIpc) is 2.46. The fourth-order valence-electron chi connectivity index (χ4n) is 1.82. The van der Waals surface area contributed by atoms with Crippen molar-refractivity contribution in [3.8, 4) is 5.75 Å². The van der Waals surface area contributed by atoms with E-state index >= 15 is 0 Å². The van der Waals surface area contributed by atoms with E-state index in [1.807, 2.05) is 25.1 Å². The first-order valence-corrected chi connectivity index (χ1v) is 6.02. The second kappa shape index (κ2) is 6.00. The first-order chi connectivity index (χ1) is 9.20. The third kappa shape index (κ3) is 3.31. The maximum absolute atomic E-state index is 11.9. The van der Waals surface area contributed by atoms with Gasteiger partial charge in [0.15, 0.2) is 0 Å². The Morgan fingerprint density at radius 3 is 2.89 bits per heavy atom. The molecule has 0 atom stereocenters. The highest BCUT2D eigenvalue weighted by Crippen LogP contribution is 2.19. The minimum absolute atomic E-state index is 0.142. The molecule has 1 heterocycles. The van der Waals surface area contributed by atoms with Gasteiger partial charge >= 0.3 is 0 Å². The van der Waals surface area contributed by atoms with E-state index in [4.69, 9.17) is 4.74 Å². The summed E-state index contributed by atoms with van der Waals surface area (Å²) in [4.78, 5) is 15.8. The predicted octanol–water partition coefficient (Wildman–Crippen LogP) is 2.33. The highest BCUT2D eigenvalue weighted by molar-refractivity contribution is 5.93. The van der Waals surface area contributed by atoms with E-state index in [0.29, 0.717) is 12.1 Å². The molecule has 19 heavy (non-hydrogen) atoms. The number of benzene rings is 1. The maximum Gasteiger partial charge on any atom is 0.253 e. The maximum atomic E-state index is 11.9. The van der Waals surface area contributed by atoms with Crippen LogP contribution in [0.3, 0.4) is 0 Å². The summed E-state index contributed by atoms with van der Waals surface area (Å²) in [6.07, 6.45) is 3.18. The third-order valence-corrected chi connectivity index (χ3v) is 2.80. The summed E-state index contributed by atoms with van der Waals surface area (Å²) in [5.74, 6) is 0.633. The number of rotatable bonds is 4. The first kappa shape index (κ1) is 13.1. The molecule has 0 spiro atoms. The Morgan fingerprint density at radius 2 is 2.21 bits per heavy atom. The van der Waals surface area contributed by atoms with Crippen LogP contribution in [-0.2, 0) is 6.54 Å². The number of aryl methyl sites for hydroxylation is 1. The molecule has 98 valence electrons. The number of pyridine rings is 1. The van der Waals surface area contributed by atoms with Crippen LogP contribution >= 0.6 is 0 Å². The summed E-state index contributed by atoms with van der Waals surface area (Å²) in [7, 11) is 1.62. The lowest BCUT2D eigenvalue weighted by Crippen LogP contribution is -2.23. The fraction of sp³-hybridized carbons (Fsp3) is 0.200. The minimum atomic E-state index is -0.142. The monoisotopic (exact) mass is 256 g/mol. The Labute approximate surface area is 112 Å². The molecule has 2 rings (SSSR count). The van der Waals surface area contributed by atoms with Crippen molar-refractivity contribution in [1.82, 2.24) is 10.3 Å². The molecule has 0 aliphatic rings. The Morgan fingerprint density at radius 1 is 1.37 bits per heavy atom. The van der Waals surface area contributed by atoms with E-state index in [1.165, 1.54) is 0 Å². The zero-order valence-electron chi connectivity index (χ0n) is 11.0. The SMILES string of the molecule is COc1ccc(C)cc1CNC(=O)c1cccnc1. The normalized spacial score (nSPS) is 10.0. The molecular formula is C15H16N2O2. The molecule has 0 saturated carbocycles. The second-order valence-corrected chi connectivity index (χ2v) is 4.24. The molecule has 0 unspecified atom stereocenters. The molecular weight excluding hydrogens is 240 g/mol. The molecule has 0 saturated heterocycles. The number of ether oxygens (including phenoxy) is 1. The van der Waals surface area contributed by atoms with Crippen LogP contribution in [0.4, 0.5) is 0 Å². The zero-order chi connectivity index (χ0) is 13.7. The van der Waals surface area contributed by atoms with E-state index in [-0.39, 0.29) is 5.91 Å². The molecule has 4 nitrogen and oxygen atoms in total. The van der Waals surface area contributed by atoms with Gasteiger partial charge in [-0.2, -0.15) is 0 Å². The van der Waals surface area contributed by atoms with E-state index in [9.17, 15) is 4.79 Å². The number of carbonyl (C=O) groups excluding carboxylic acids is 1. The van der Waals surface area contributed by atoms with E-state index < -0.39 is 0 Å². The first-order valence-electron chi connectivity index (χ1n) is 6.02. The van der Waals surface area contributed by atoms with Crippen LogP contribution in [0.25, 0.3) is 0 Å². The number of hydrogen-bond donors (Lipinski definition) is 1. The van der Waals surface area contributed by atoms with Crippen molar-refractivity contribution in [2.24, 2.45) is 0 Å². The van der Waals surface area contributed by atoms with Crippen molar-refractivity contribution in [1.29, 1.82) is 0 Å². The van der Waals surface area contributed by atoms with Crippen LogP contribution < -0.4 is 10.1 Å². The number of aromatic nitrogens is 1. The van der Waals surface area contributed by atoms with Crippen LogP contribution in [0.5, 0.6) is 5.75 Å². The van der Waals surface area contributed by atoms with E-state index in [0.717, 1.165) is 16.9 Å². The van der Waals surface area contributed by atoms with Gasteiger partial charge in [0.05, 0.1) is 12.7 Å². The molecule has 4 heteroatoms. The molecule has 1 aromatic heterocycles. The summed E-state index contributed by atoms with van der Waals surface area (Å²) in [6, 6.07) is 9.35. The van der Waals surface area contributed by atoms with Crippen molar-refractivity contribution in [2.75, 3.05) is 7.11 Å². The third-order valence-electron chi connectivity index (χ3n) is 2.80. The molecule has 1 N–H and O–H groups in total. The summed E-state index contributed by atoms with van der Waals surface area (Å²) >= 11 is 0. The average molecular weight is 256 g/mol. The summed E-state index contributed by atoms with van der Waals surface area (Å²) in [6.45, 7) is 2.43. The summed E-state index contributed by atoms with van der Waals surface area (Å²) in [5, 5.41) is 2.86. The highest BCUT2D eigenvalue weighted by atomic mass is 16.5. The van der Waals surface area contributed by atoms with Crippen molar-refractivity contribution in [2.45, 2.75) is 13.5 Å². The number of amides is 1. The van der Waals surface area contributed by atoms with E-state index in [2.05, 4.69) is 10.3 Å². The van der Waals surface area contributed by atoms with Gasteiger partial charge in [-0.1, -0.05) is 17.7 Å². The van der Waals surface area contributed by atoms with Crippen LogP contribution in [0, 0.1) is 6.92 Å². The molecule has 0 radical (unpaired) electrons. The van der Waals surface area contributed by atoms with Gasteiger partial charge in [0.25, 0.3) is 5.91 Å². The standard InChI is InChI=1S/C15H16N2O2/c1-11-5-6-14(19-2)13(8-11)10-17-15(18)12-4-3-7-16-9-12/h3-9H,10H2,1-2H3,(H,17,18). The van der Waals surface area contributed by atoms with Crippen molar-refractivity contribution in [3.05, 3.63) is 59.4 Å². The highest BCUT2D eigenvalue weighted by Gasteiger charge is 2.07. The van der Waals surface area contributed by atoms with Gasteiger partial charge in [0, 0.05) is 24.5 Å². The van der Waals surface area contributed by atoms with Gasteiger partial charge in [0.2, 0.25) is 0 Å².